The van der Waals surface area contributed by atoms with Crippen molar-refractivity contribution in [2.75, 3.05) is 25.0 Å². The van der Waals surface area contributed by atoms with Gasteiger partial charge in [-0.25, -0.2) is 9.78 Å². The molecule has 170 valence electrons. The summed E-state index contributed by atoms with van der Waals surface area (Å²) in [4.78, 5) is 23.3. The molecule has 0 saturated heterocycles. The lowest BCUT2D eigenvalue weighted by molar-refractivity contribution is 0.0514. The molecule has 0 saturated carbocycles. The molecule has 0 fully saturated rings. The van der Waals surface area contributed by atoms with Crippen molar-refractivity contribution in [2.45, 2.75) is 26.9 Å². The van der Waals surface area contributed by atoms with Gasteiger partial charge in [-0.05, 0) is 36.1 Å². The molecule has 5 rings (SSSR count). The third kappa shape index (κ3) is 4.07. The highest BCUT2D eigenvalue weighted by Gasteiger charge is 2.26. The summed E-state index contributed by atoms with van der Waals surface area (Å²) in [6.07, 6.45) is 1.81. The van der Waals surface area contributed by atoms with Crippen molar-refractivity contribution in [2.24, 2.45) is 7.05 Å². The number of carbonyl (C=O) groups is 1. The van der Waals surface area contributed by atoms with Crippen LogP contribution in [0.3, 0.4) is 0 Å². The van der Waals surface area contributed by atoms with Gasteiger partial charge in [0.25, 0.3) is 0 Å². The van der Waals surface area contributed by atoms with Gasteiger partial charge in [0.1, 0.15) is 11.5 Å². The topological polar surface area (TPSA) is 98.3 Å². The highest BCUT2D eigenvalue weighted by atomic mass is 16.5. The number of nitrogens with zero attached hydrogens (tertiary/aromatic N) is 5. The molecule has 1 aromatic carbocycles. The number of ether oxygens (including phenoxy) is 1. The summed E-state index contributed by atoms with van der Waals surface area (Å²) >= 11 is 0. The number of carbonyl (C=O) groups excluding carboxylic acids is 1. The van der Waals surface area contributed by atoms with Gasteiger partial charge in [-0.3, -0.25) is 4.90 Å². The Labute approximate surface area is 191 Å². The zero-order valence-electron chi connectivity index (χ0n) is 19.0. The molecule has 0 radical (unpaired) electrons. The van der Waals surface area contributed by atoms with E-state index in [1.54, 1.807) is 6.92 Å². The van der Waals surface area contributed by atoms with E-state index in [1.807, 2.05) is 55.1 Å². The molecule has 9 nitrogen and oxygen atoms in total. The Bertz CT molecular complexity index is 1330. The highest BCUT2D eigenvalue weighted by Crippen LogP contribution is 2.28. The van der Waals surface area contributed by atoms with Gasteiger partial charge in [0, 0.05) is 63.0 Å². The van der Waals surface area contributed by atoms with Gasteiger partial charge in [0.2, 0.25) is 11.7 Å². The van der Waals surface area contributed by atoms with E-state index in [1.165, 1.54) is 11.3 Å². The van der Waals surface area contributed by atoms with Crippen molar-refractivity contribution in [1.82, 2.24) is 24.6 Å². The number of rotatable bonds is 7. The van der Waals surface area contributed by atoms with Crippen molar-refractivity contribution in [1.29, 1.82) is 0 Å². The smallest absolute Gasteiger partial charge is 0.354 e. The highest BCUT2D eigenvalue weighted by molar-refractivity contribution is 5.94. The molecule has 1 aliphatic heterocycles. The third-order valence-corrected chi connectivity index (χ3v) is 5.97. The predicted molar refractivity (Wildman–Crippen MR) is 124 cm³/mol. The molecular formula is C24H26N6O3. The molecular weight excluding hydrogens is 420 g/mol. The number of hydrogen-bond acceptors (Lipinski definition) is 8. The number of pyridine rings is 1. The maximum atomic E-state index is 12.1. The SMILES string of the molecule is CCOC(=O)c1cc2c(n1C)CN(CCNc1nccc3ccc(-c4noc(C)n4)cc13)C2. The largest absolute Gasteiger partial charge is 0.461 e. The van der Waals surface area contributed by atoms with Crippen LogP contribution in [-0.2, 0) is 24.9 Å². The van der Waals surface area contributed by atoms with Crippen LogP contribution in [0.25, 0.3) is 22.2 Å². The van der Waals surface area contributed by atoms with Crippen LogP contribution in [0.15, 0.2) is 41.1 Å². The van der Waals surface area contributed by atoms with Crippen molar-refractivity contribution < 1.29 is 14.1 Å². The lowest BCUT2D eigenvalue weighted by Crippen LogP contribution is -2.25. The average molecular weight is 447 g/mol. The molecule has 0 spiro atoms. The third-order valence-electron chi connectivity index (χ3n) is 5.97. The molecule has 1 aliphatic rings. The van der Waals surface area contributed by atoms with E-state index >= 15 is 0 Å². The minimum absolute atomic E-state index is 0.264. The fraction of sp³-hybridized carbons (Fsp3) is 0.333. The first-order valence-electron chi connectivity index (χ1n) is 11.0. The van der Waals surface area contributed by atoms with E-state index in [2.05, 4.69) is 25.3 Å². The zero-order chi connectivity index (χ0) is 22.9. The maximum absolute atomic E-state index is 12.1. The first-order valence-corrected chi connectivity index (χ1v) is 11.0. The number of aromatic nitrogens is 4. The molecule has 3 aromatic heterocycles. The molecule has 0 atom stereocenters. The van der Waals surface area contributed by atoms with Crippen molar-refractivity contribution in [3.63, 3.8) is 0 Å². The van der Waals surface area contributed by atoms with Gasteiger partial charge in [-0.1, -0.05) is 17.3 Å². The minimum atomic E-state index is -0.264. The van der Waals surface area contributed by atoms with Crippen LogP contribution in [-0.4, -0.2) is 50.3 Å². The molecule has 0 amide bonds. The summed E-state index contributed by atoms with van der Waals surface area (Å²) in [5.74, 6) is 1.67. The van der Waals surface area contributed by atoms with Gasteiger partial charge in [0.15, 0.2) is 0 Å². The average Bonchev–Trinajstić information content (AvgIpc) is 3.50. The summed E-state index contributed by atoms with van der Waals surface area (Å²) < 4.78 is 12.2. The summed E-state index contributed by atoms with van der Waals surface area (Å²) in [5.41, 5.74) is 3.86. The van der Waals surface area contributed by atoms with Crippen molar-refractivity contribution in [3.05, 3.63) is 59.4 Å². The second-order valence-corrected chi connectivity index (χ2v) is 8.15. The van der Waals surface area contributed by atoms with Gasteiger partial charge in [-0.2, -0.15) is 4.98 Å². The molecule has 4 aromatic rings. The van der Waals surface area contributed by atoms with Gasteiger partial charge in [0.05, 0.1) is 6.61 Å². The van der Waals surface area contributed by atoms with E-state index < -0.39 is 0 Å². The summed E-state index contributed by atoms with van der Waals surface area (Å²) in [7, 11) is 1.93. The molecule has 33 heavy (non-hydrogen) atoms. The lowest BCUT2D eigenvalue weighted by atomic mass is 10.1. The second kappa shape index (κ2) is 8.67. The first kappa shape index (κ1) is 21.1. The number of fused-ring (bicyclic) bond motifs is 2. The van der Waals surface area contributed by atoms with E-state index in [4.69, 9.17) is 9.26 Å². The molecule has 1 N–H and O–H groups in total. The Morgan fingerprint density at radius 2 is 2.12 bits per heavy atom. The van der Waals surface area contributed by atoms with Gasteiger partial charge in [-0.15, -0.1) is 0 Å². The Balaban J connectivity index is 1.25. The van der Waals surface area contributed by atoms with Crippen LogP contribution in [0.5, 0.6) is 0 Å². The fourth-order valence-corrected chi connectivity index (χ4v) is 4.32. The van der Waals surface area contributed by atoms with Crippen LogP contribution >= 0.6 is 0 Å². The van der Waals surface area contributed by atoms with Crippen LogP contribution in [0.2, 0.25) is 0 Å². The number of benzene rings is 1. The zero-order valence-corrected chi connectivity index (χ0v) is 19.0. The quantitative estimate of drug-likeness (QED) is 0.431. The maximum Gasteiger partial charge on any atom is 0.354 e. The van der Waals surface area contributed by atoms with Gasteiger partial charge < -0.3 is 19.1 Å². The number of hydrogen-bond donors (Lipinski definition) is 1. The standard InChI is InChI=1S/C24H26N6O3/c1-4-32-24(31)20-12-18-13-30(14-21(18)29(20)3)10-9-26-23-19-11-17(22-27-15(2)33-28-22)6-5-16(19)7-8-25-23/h5-8,11-12H,4,9-10,13-14H2,1-3H3,(H,25,26). The van der Waals surface area contributed by atoms with Gasteiger partial charge >= 0.3 is 5.97 Å². The molecule has 4 heterocycles. The lowest BCUT2D eigenvalue weighted by Gasteiger charge is -2.17. The predicted octanol–water partition coefficient (Wildman–Crippen LogP) is 3.54. The van der Waals surface area contributed by atoms with Crippen LogP contribution in [0.4, 0.5) is 5.82 Å². The molecule has 0 aliphatic carbocycles. The Morgan fingerprint density at radius 1 is 1.24 bits per heavy atom. The normalized spacial score (nSPS) is 13.4. The van der Waals surface area contributed by atoms with Crippen LogP contribution in [0.1, 0.15) is 34.6 Å². The summed E-state index contributed by atoms with van der Waals surface area (Å²) in [6, 6.07) is 10.0. The number of anilines is 1. The number of aryl methyl sites for hydroxylation is 1. The van der Waals surface area contributed by atoms with E-state index in [0.717, 1.165) is 48.3 Å². The number of nitrogens with one attached hydrogen (secondary N) is 1. The molecule has 0 unspecified atom stereocenters. The minimum Gasteiger partial charge on any atom is -0.461 e. The number of esters is 1. The first-order chi connectivity index (χ1) is 16.0. The Hall–Kier alpha value is -3.72. The van der Waals surface area contributed by atoms with E-state index in [0.29, 0.717) is 24.0 Å². The molecule has 9 heteroatoms. The Kier molecular flexibility index (Phi) is 5.55. The Morgan fingerprint density at radius 3 is 2.88 bits per heavy atom. The summed E-state index contributed by atoms with van der Waals surface area (Å²) in [6.45, 7) is 7.19. The van der Waals surface area contributed by atoms with Crippen molar-refractivity contribution in [3.8, 4) is 11.4 Å². The summed E-state index contributed by atoms with van der Waals surface area (Å²) in [5, 5.41) is 9.61. The van der Waals surface area contributed by atoms with E-state index in [-0.39, 0.29) is 5.97 Å². The van der Waals surface area contributed by atoms with Crippen molar-refractivity contribution >= 4 is 22.6 Å². The second-order valence-electron chi connectivity index (χ2n) is 8.15. The van der Waals surface area contributed by atoms with Crippen LogP contribution in [0, 0.1) is 6.92 Å². The fourth-order valence-electron chi connectivity index (χ4n) is 4.32. The molecule has 0 bridgehead atoms. The van der Waals surface area contributed by atoms with Crippen LogP contribution < -0.4 is 5.32 Å². The monoisotopic (exact) mass is 446 g/mol. The van der Waals surface area contributed by atoms with E-state index in [9.17, 15) is 4.79 Å².